The highest BCUT2D eigenvalue weighted by Crippen LogP contribution is 2.11. The summed E-state index contributed by atoms with van der Waals surface area (Å²) in [6.45, 7) is 6.22. The predicted octanol–water partition coefficient (Wildman–Crippen LogP) is 0.529. The van der Waals surface area contributed by atoms with Gasteiger partial charge in [0, 0.05) is 19.6 Å². The van der Waals surface area contributed by atoms with Gasteiger partial charge in [-0.15, -0.1) is 0 Å². The molecule has 1 aliphatic rings. The van der Waals surface area contributed by atoms with Gasteiger partial charge >= 0.3 is 0 Å². The fourth-order valence-corrected chi connectivity index (χ4v) is 1.76. The van der Waals surface area contributed by atoms with E-state index in [-0.39, 0.29) is 5.91 Å². The number of hydrogen-bond donors (Lipinski definition) is 2. The van der Waals surface area contributed by atoms with Gasteiger partial charge in [-0.25, -0.2) is 0 Å². The lowest BCUT2D eigenvalue weighted by Gasteiger charge is -2.08. The van der Waals surface area contributed by atoms with Crippen molar-refractivity contribution in [1.82, 2.24) is 10.6 Å². The fraction of sp³-hybridized carbons (Fsp3) is 0.909. The molecule has 0 bridgehead atoms. The summed E-state index contributed by atoms with van der Waals surface area (Å²) >= 11 is 0. The van der Waals surface area contributed by atoms with Crippen LogP contribution in [0.15, 0.2) is 0 Å². The molecule has 2 N–H and O–H groups in total. The molecule has 1 unspecified atom stereocenters. The summed E-state index contributed by atoms with van der Waals surface area (Å²) in [5, 5.41) is 6.08. The van der Waals surface area contributed by atoms with Crippen molar-refractivity contribution < 1.29 is 9.53 Å². The number of hydrogen-bond acceptors (Lipinski definition) is 3. The molecule has 0 saturated carbocycles. The molecule has 4 nitrogen and oxygen atoms in total. The van der Waals surface area contributed by atoms with Crippen LogP contribution in [-0.2, 0) is 9.53 Å². The molecule has 4 heteroatoms. The Balaban J connectivity index is 1.86. The molecule has 1 rings (SSSR count). The van der Waals surface area contributed by atoms with Crippen molar-refractivity contribution in [2.75, 3.05) is 32.8 Å². The monoisotopic (exact) mass is 214 g/mol. The minimum atomic E-state index is 0.0834. The summed E-state index contributed by atoms with van der Waals surface area (Å²) in [5.74, 6) is 0.856. The molecule has 1 saturated heterocycles. The van der Waals surface area contributed by atoms with E-state index in [2.05, 4.69) is 10.6 Å². The van der Waals surface area contributed by atoms with Crippen LogP contribution in [0.3, 0.4) is 0 Å². The second-order valence-corrected chi connectivity index (χ2v) is 3.96. The van der Waals surface area contributed by atoms with Gasteiger partial charge in [0.05, 0.1) is 6.61 Å². The molecule has 1 amide bonds. The normalized spacial score (nSPS) is 20.5. The summed E-state index contributed by atoms with van der Waals surface area (Å²) in [4.78, 5) is 11.1. The van der Waals surface area contributed by atoms with E-state index in [1.165, 1.54) is 6.42 Å². The molecule has 0 aliphatic carbocycles. The van der Waals surface area contributed by atoms with E-state index in [0.717, 1.165) is 32.0 Å². The second kappa shape index (κ2) is 7.65. The summed E-state index contributed by atoms with van der Waals surface area (Å²) in [6.07, 6.45) is 2.86. The molecule has 0 radical (unpaired) electrons. The van der Waals surface area contributed by atoms with Gasteiger partial charge in [-0.05, 0) is 38.8 Å². The fourth-order valence-electron chi connectivity index (χ4n) is 1.76. The summed E-state index contributed by atoms with van der Waals surface area (Å²) in [5.41, 5.74) is 0. The standard InChI is InChI=1S/C11H22N2O2/c1-2-13-11(14)5-8-15-7-4-10-3-6-12-9-10/h10,12H,2-9H2,1H3,(H,13,14). The lowest BCUT2D eigenvalue weighted by Crippen LogP contribution is -2.23. The van der Waals surface area contributed by atoms with E-state index in [1.54, 1.807) is 0 Å². The summed E-state index contributed by atoms with van der Waals surface area (Å²) < 4.78 is 5.42. The quantitative estimate of drug-likeness (QED) is 0.608. The minimum Gasteiger partial charge on any atom is -0.381 e. The van der Waals surface area contributed by atoms with E-state index in [9.17, 15) is 4.79 Å². The third-order valence-electron chi connectivity index (χ3n) is 2.68. The number of nitrogens with one attached hydrogen (secondary N) is 2. The number of carbonyl (C=O) groups is 1. The third kappa shape index (κ3) is 5.74. The van der Waals surface area contributed by atoms with Crippen molar-refractivity contribution in [3.63, 3.8) is 0 Å². The van der Waals surface area contributed by atoms with E-state index in [1.807, 2.05) is 6.92 Å². The molecule has 0 aromatic heterocycles. The Morgan fingerprint density at radius 1 is 1.53 bits per heavy atom. The smallest absolute Gasteiger partial charge is 0.222 e. The second-order valence-electron chi connectivity index (χ2n) is 3.96. The molecule has 1 fully saturated rings. The zero-order chi connectivity index (χ0) is 10.9. The van der Waals surface area contributed by atoms with Crippen LogP contribution in [0.5, 0.6) is 0 Å². The molecule has 0 spiro atoms. The molecule has 15 heavy (non-hydrogen) atoms. The number of carbonyl (C=O) groups excluding carboxylic acids is 1. The van der Waals surface area contributed by atoms with E-state index in [0.29, 0.717) is 19.6 Å². The SMILES string of the molecule is CCNC(=O)CCOCCC1CCNC1. The molecular weight excluding hydrogens is 192 g/mol. The van der Waals surface area contributed by atoms with Crippen molar-refractivity contribution in [2.45, 2.75) is 26.2 Å². The number of amides is 1. The predicted molar refractivity (Wildman–Crippen MR) is 59.7 cm³/mol. The van der Waals surface area contributed by atoms with Crippen molar-refractivity contribution in [1.29, 1.82) is 0 Å². The maximum absolute atomic E-state index is 11.1. The maximum atomic E-state index is 11.1. The van der Waals surface area contributed by atoms with Gasteiger partial charge in [0.15, 0.2) is 0 Å². The lowest BCUT2D eigenvalue weighted by atomic mass is 10.1. The summed E-state index contributed by atoms with van der Waals surface area (Å²) in [6, 6.07) is 0. The van der Waals surface area contributed by atoms with Crippen LogP contribution in [0.4, 0.5) is 0 Å². The average Bonchev–Trinajstić information content (AvgIpc) is 2.70. The van der Waals surface area contributed by atoms with Gasteiger partial charge < -0.3 is 15.4 Å². The average molecular weight is 214 g/mol. The molecule has 88 valence electrons. The van der Waals surface area contributed by atoms with E-state index < -0.39 is 0 Å². The largest absolute Gasteiger partial charge is 0.381 e. The number of ether oxygens (including phenoxy) is 1. The zero-order valence-electron chi connectivity index (χ0n) is 9.55. The highest BCUT2D eigenvalue weighted by molar-refractivity contribution is 5.75. The Morgan fingerprint density at radius 3 is 3.07 bits per heavy atom. The molecule has 0 aromatic rings. The van der Waals surface area contributed by atoms with Gasteiger partial charge in [-0.1, -0.05) is 0 Å². The van der Waals surface area contributed by atoms with E-state index in [4.69, 9.17) is 4.74 Å². The van der Waals surface area contributed by atoms with Crippen molar-refractivity contribution in [3.05, 3.63) is 0 Å². The topological polar surface area (TPSA) is 50.4 Å². The van der Waals surface area contributed by atoms with Crippen LogP contribution >= 0.6 is 0 Å². The molecule has 1 heterocycles. The van der Waals surface area contributed by atoms with Gasteiger partial charge in [-0.2, -0.15) is 0 Å². The van der Waals surface area contributed by atoms with E-state index >= 15 is 0 Å². The number of rotatable bonds is 7. The third-order valence-corrected chi connectivity index (χ3v) is 2.68. The van der Waals surface area contributed by atoms with Crippen LogP contribution < -0.4 is 10.6 Å². The zero-order valence-corrected chi connectivity index (χ0v) is 9.55. The lowest BCUT2D eigenvalue weighted by molar-refractivity contribution is -0.122. The Kier molecular flexibility index (Phi) is 6.36. The first kappa shape index (κ1) is 12.5. The molecule has 1 aliphatic heterocycles. The van der Waals surface area contributed by atoms with Gasteiger partial charge in [0.2, 0.25) is 5.91 Å². The van der Waals surface area contributed by atoms with Gasteiger partial charge in [-0.3, -0.25) is 4.79 Å². The van der Waals surface area contributed by atoms with Crippen LogP contribution in [0.1, 0.15) is 26.2 Å². The first-order valence-electron chi connectivity index (χ1n) is 5.88. The molecule has 1 atom stereocenters. The van der Waals surface area contributed by atoms with Crippen LogP contribution in [0, 0.1) is 5.92 Å². The first-order chi connectivity index (χ1) is 7.33. The molecular formula is C11H22N2O2. The van der Waals surface area contributed by atoms with Gasteiger partial charge in [0.25, 0.3) is 0 Å². The Morgan fingerprint density at radius 2 is 2.40 bits per heavy atom. The molecule has 0 aromatic carbocycles. The van der Waals surface area contributed by atoms with Gasteiger partial charge in [0.1, 0.15) is 0 Å². The van der Waals surface area contributed by atoms with Crippen LogP contribution in [-0.4, -0.2) is 38.8 Å². The highest BCUT2D eigenvalue weighted by Gasteiger charge is 2.13. The summed E-state index contributed by atoms with van der Waals surface area (Å²) in [7, 11) is 0. The Bertz CT molecular complexity index is 179. The minimum absolute atomic E-state index is 0.0834. The Hall–Kier alpha value is -0.610. The maximum Gasteiger partial charge on any atom is 0.222 e. The highest BCUT2D eigenvalue weighted by atomic mass is 16.5. The Labute approximate surface area is 91.8 Å². The van der Waals surface area contributed by atoms with Crippen molar-refractivity contribution in [2.24, 2.45) is 5.92 Å². The van der Waals surface area contributed by atoms with Crippen molar-refractivity contribution in [3.8, 4) is 0 Å². The van der Waals surface area contributed by atoms with Crippen LogP contribution in [0.2, 0.25) is 0 Å². The first-order valence-corrected chi connectivity index (χ1v) is 5.88. The van der Waals surface area contributed by atoms with Crippen LogP contribution in [0.25, 0.3) is 0 Å². The van der Waals surface area contributed by atoms with Crippen molar-refractivity contribution >= 4 is 5.91 Å².